The Morgan fingerprint density at radius 1 is 1.10 bits per heavy atom. The van der Waals surface area contributed by atoms with Crippen molar-refractivity contribution >= 4 is 17.5 Å². The maximum atomic E-state index is 12.7. The zero-order chi connectivity index (χ0) is 20.6. The number of piperidine rings is 1. The van der Waals surface area contributed by atoms with E-state index in [1.54, 1.807) is 29.2 Å². The molecule has 3 rings (SSSR count). The van der Waals surface area contributed by atoms with E-state index in [1.807, 2.05) is 24.3 Å². The molecule has 29 heavy (non-hydrogen) atoms. The van der Waals surface area contributed by atoms with Crippen molar-refractivity contribution in [2.45, 2.75) is 19.3 Å². The first kappa shape index (κ1) is 20.2. The second-order valence-corrected chi connectivity index (χ2v) is 7.19. The number of nitriles is 1. The van der Waals surface area contributed by atoms with Crippen molar-refractivity contribution in [1.29, 1.82) is 5.26 Å². The Kier molecular flexibility index (Phi) is 6.64. The number of amides is 2. The number of anilines is 1. The first-order valence-corrected chi connectivity index (χ1v) is 9.66. The van der Waals surface area contributed by atoms with Gasteiger partial charge in [0.1, 0.15) is 11.6 Å². The lowest BCUT2D eigenvalue weighted by Crippen LogP contribution is -2.39. The van der Waals surface area contributed by atoms with E-state index in [2.05, 4.69) is 17.4 Å². The highest BCUT2D eigenvalue weighted by molar-refractivity contribution is 5.99. The van der Waals surface area contributed by atoms with Gasteiger partial charge in [0.15, 0.2) is 0 Å². The Labute approximate surface area is 170 Å². The Morgan fingerprint density at radius 2 is 1.76 bits per heavy atom. The molecule has 1 fully saturated rings. The van der Waals surface area contributed by atoms with Gasteiger partial charge >= 0.3 is 0 Å². The summed E-state index contributed by atoms with van der Waals surface area (Å²) in [6.07, 6.45) is 3.99. The van der Waals surface area contributed by atoms with Crippen molar-refractivity contribution in [1.82, 2.24) is 10.2 Å². The molecule has 1 saturated heterocycles. The van der Waals surface area contributed by atoms with Crippen LogP contribution in [0.1, 0.15) is 28.8 Å². The quantitative estimate of drug-likeness (QED) is 0.467. The van der Waals surface area contributed by atoms with Crippen molar-refractivity contribution < 1.29 is 9.59 Å². The summed E-state index contributed by atoms with van der Waals surface area (Å²) in [5.41, 5.74) is 7.80. The monoisotopic (exact) mass is 388 g/mol. The molecular weight excluding hydrogens is 364 g/mol. The van der Waals surface area contributed by atoms with E-state index in [-0.39, 0.29) is 11.5 Å². The second-order valence-electron chi connectivity index (χ2n) is 7.19. The summed E-state index contributed by atoms with van der Waals surface area (Å²) in [5.74, 6) is -0.212. The molecule has 1 heterocycles. The summed E-state index contributed by atoms with van der Waals surface area (Å²) in [4.78, 5) is 26.5. The third kappa shape index (κ3) is 5.45. The zero-order valence-corrected chi connectivity index (χ0v) is 16.2. The van der Waals surface area contributed by atoms with Gasteiger partial charge < -0.3 is 16.0 Å². The SMILES string of the molecule is N#C/C(=C/NC(=O)c1ccc(N)cc1)C(=O)N1CCC(Cc2ccccc2)CC1. The van der Waals surface area contributed by atoms with Gasteiger partial charge in [-0.05, 0) is 55.0 Å². The van der Waals surface area contributed by atoms with Gasteiger partial charge in [-0.25, -0.2) is 0 Å². The van der Waals surface area contributed by atoms with Gasteiger partial charge in [0, 0.05) is 30.5 Å². The van der Waals surface area contributed by atoms with Crippen LogP contribution in [0.5, 0.6) is 0 Å². The number of rotatable bonds is 5. The number of carbonyl (C=O) groups excluding carboxylic acids is 2. The molecule has 6 nitrogen and oxygen atoms in total. The predicted molar refractivity (Wildman–Crippen MR) is 111 cm³/mol. The minimum Gasteiger partial charge on any atom is -0.399 e. The third-order valence-electron chi connectivity index (χ3n) is 5.14. The second kappa shape index (κ2) is 9.56. The van der Waals surface area contributed by atoms with Crippen molar-refractivity contribution in [3.8, 4) is 6.07 Å². The lowest BCUT2D eigenvalue weighted by molar-refractivity contribution is -0.128. The number of carbonyl (C=O) groups is 2. The van der Waals surface area contributed by atoms with Crippen LogP contribution in [0.2, 0.25) is 0 Å². The van der Waals surface area contributed by atoms with Crippen LogP contribution in [0.3, 0.4) is 0 Å². The number of hydrogen-bond donors (Lipinski definition) is 2. The number of nitrogen functional groups attached to an aromatic ring is 1. The van der Waals surface area contributed by atoms with E-state index >= 15 is 0 Å². The molecule has 1 aliphatic rings. The number of likely N-dealkylation sites (tertiary alicyclic amines) is 1. The lowest BCUT2D eigenvalue weighted by atomic mass is 9.90. The number of nitrogens with two attached hydrogens (primary N) is 1. The van der Waals surface area contributed by atoms with Crippen LogP contribution in [0, 0.1) is 17.2 Å². The fourth-order valence-electron chi connectivity index (χ4n) is 3.46. The van der Waals surface area contributed by atoms with Gasteiger partial charge in [-0.15, -0.1) is 0 Å². The number of hydrogen-bond acceptors (Lipinski definition) is 4. The van der Waals surface area contributed by atoms with Crippen LogP contribution in [0.4, 0.5) is 5.69 Å². The van der Waals surface area contributed by atoms with Gasteiger partial charge in [0.2, 0.25) is 0 Å². The molecular formula is C23H24N4O2. The van der Waals surface area contributed by atoms with Crippen LogP contribution in [0.25, 0.3) is 0 Å². The molecule has 1 aliphatic heterocycles. The molecule has 0 atom stereocenters. The van der Waals surface area contributed by atoms with Crippen LogP contribution < -0.4 is 11.1 Å². The molecule has 148 valence electrons. The molecule has 3 N–H and O–H groups in total. The average molecular weight is 388 g/mol. The average Bonchev–Trinajstić information content (AvgIpc) is 2.75. The van der Waals surface area contributed by atoms with Crippen LogP contribution in [-0.4, -0.2) is 29.8 Å². The highest BCUT2D eigenvalue weighted by Crippen LogP contribution is 2.22. The number of nitrogens with one attached hydrogen (secondary N) is 1. The van der Waals surface area contributed by atoms with Gasteiger partial charge in [0.05, 0.1) is 0 Å². The number of nitrogens with zero attached hydrogens (tertiary/aromatic N) is 2. The van der Waals surface area contributed by atoms with E-state index in [9.17, 15) is 14.9 Å². The molecule has 0 spiro atoms. The van der Waals surface area contributed by atoms with E-state index in [0.717, 1.165) is 19.3 Å². The van der Waals surface area contributed by atoms with Gasteiger partial charge in [0.25, 0.3) is 11.8 Å². The summed E-state index contributed by atoms with van der Waals surface area (Å²) < 4.78 is 0. The number of benzene rings is 2. The van der Waals surface area contributed by atoms with Crippen molar-refractivity contribution in [3.63, 3.8) is 0 Å². The van der Waals surface area contributed by atoms with Gasteiger partial charge in [-0.3, -0.25) is 9.59 Å². The van der Waals surface area contributed by atoms with Gasteiger partial charge in [-0.1, -0.05) is 30.3 Å². The van der Waals surface area contributed by atoms with Crippen LogP contribution in [0.15, 0.2) is 66.4 Å². The maximum absolute atomic E-state index is 12.7. The molecule has 0 bridgehead atoms. The Bertz CT molecular complexity index is 922. The molecule has 0 saturated carbocycles. The minimum atomic E-state index is -0.396. The molecule has 6 heteroatoms. The van der Waals surface area contributed by atoms with Crippen molar-refractivity contribution in [2.24, 2.45) is 5.92 Å². The largest absolute Gasteiger partial charge is 0.399 e. The molecule has 0 aromatic heterocycles. The minimum absolute atomic E-state index is 0.0738. The van der Waals surface area contributed by atoms with E-state index < -0.39 is 5.91 Å². The molecule has 2 aromatic rings. The first-order valence-electron chi connectivity index (χ1n) is 9.66. The molecule has 2 aromatic carbocycles. The van der Waals surface area contributed by atoms with Crippen molar-refractivity contribution in [3.05, 3.63) is 77.5 Å². The van der Waals surface area contributed by atoms with E-state index in [4.69, 9.17) is 5.73 Å². The normalized spacial score (nSPS) is 14.9. The Morgan fingerprint density at radius 3 is 2.38 bits per heavy atom. The van der Waals surface area contributed by atoms with E-state index in [0.29, 0.717) is 30.3 Å². The van der Waals surface area contributed by atoms with E-state index in [1.165, 1.54) is 11.8 Å². The van der Waals surface area contributed by atoms with Crippen LogP contribution in [-0.2, 0) is 11.2 Å². The summed E-state index contributed by atoms with van der Waals surface area (Å²) >= 11 is 0. The highest BCUT2D eigenvalue weighted by Gasteiger charge is 2.25. The maximum Gasteiger partial charge on any atom is 0.266 e. The highest BCUT2D eigenvalue weighted by atomic mass is 16.2. The standard InChI is InChI=1S/C23H24N4O2/c24-15-20(16-26-22(28)19-6-8-21(25)9-7-19)23(29)27-12-10-18(11-13-27)14-17-4-2-1-3-5-17/h1-9,16,18H,10-14,25H2,(H,26,28)/b20-16-. The molecule has 0 aliphatic carbocycles. The summed E-state index contributed by atoms with van der Waals surface area (Å²) in [6, 6.07) is 18.6. The first-order chi connectivity index (χ1) is 14.1. The summed E-state index contributed by atoms with van der Waals surface area (Å²) in [5, 5.41) is 11.9. The molecule has 0 unspecified atom stereocenters. The Hall–Kier alpha value is -3.59. The molecule has 2 amide bonds. The predicted octanol–water partition coefficient (Wildman–Crippen LogP) is 2.89. The topological polar surface area (TPSA) is 99.2 Å². The molecule has 0 radical (unpaired) electrons. The van der Waals surface area contributed by atoms with Crippen LogP contribution >= 0.6 is 0 Å². The van der Waals surface area contributed by atoms with Crippen molar-refractivity contribution in [2.75, 3.05) is 18.8 Å². The summed E-state index contributed by atoms with van der Waals surface area (Å²) in [6.45, 7) is 1.22. The Balaban J connectivity index is 1.54. The van der Waals surface area contributed by atoms with Gasteiger partial charge in [-0.2, -0.15) is 5.26 Å². The smallest absolute Gasteiger partial charge is 0.266 e. The fraction of sp³-hybridized carbons (Fsp3) is 0.261. The summed E-state index contributed by atoms with van der Waals surface area (Å²) in [7, 11) is 0. The third-order valence-corrected chi connectivity index (χ3v) is 5.14. The lowest BCUT2D eigenvalue weighted by Gasteiger charge is -2.32. The zero-order valence-electron chi connectivity index (χ0n) is 16.2. The fourth-order valence-corrected chi connectivity index (χ4v) is 3.46.